The van der Waals surface area contributed by atoms with Gasteiger partial charge in [0.25, 0.3) is 0 Å². The summed E-state index contributed by atoms with van der Waals surface area (Å²) >= 11 is 2.23. The largest absolute Gasteiger partial charge is 0.633 e. The molecule has 0 saturated heterocycles. The van der Waals surface area contributed by atoms with Crippen LogP contribution in [0.2, 0.25) is 0 Å². The monoisotopic (exact) mass is 271 g/mol. The lowest BCUT2D eigenvalue weighted by atomic mass is 10.0. The van der Waals surface area contributed by atoms with Crippen LogP contribution in [0.5, 0.6) is 0 Å². The van der Waals surface area contributed by atoms with Crippen LogP contribution in [-0.2, 0) is 0 Å². The third-order valence-corrected chi connectivity index (χ3v) is 3.64. The zero-order chi connectivity index (χ0) is 9.07. The Bertz CT molecular complexity index is 117. The molecule has 0 bridgehead atoms. The third kappa shape index (κ3) is 3.25. The molecule has 0 aromatic heterocycles. The maximum atomic E-state index is 11.6. The van der Waals surface area contributed by atoms with E-state index in [0.717, 1.165) is 12.8 Å². The van der Waals surface area contributed by atoms with Crippen LogP contribution in [-0.4, -0.2) is 9.59 Å². The average molecular weight is 271 g/mol. The van der Waals surface area contributed by atoms with Gasteiger partial charge in [0.05, 0.1) is 5.54 Å². The number of quaternary nitrogens is 1. The highest BCUT2D eigenvalue weighted by molar-refractivity contribution is 14.1. The van der Waals surface area contributed by atoms with Gasteiger partial charge < -0.3 is 10.3 Å². The number of alkyl halides is 1. The van der Waals surface area contributed by atoms with E-state index in [-0.39, 0.29) is 9.59 Å². The van der Waals surface area contributed by atoms with Crippen molar-refractivity contribution in [3.05, 3.63) is 5.21 Å². The highest BCUT2D eigenvalue weighted by Gasteiger charge is 2.26. The molecule has 0 aliphatic heterocycles. The zero-order valence-corrected chi connectivity index (χ0v) is 9.94. The van der Waals surface area contributed by atoms with Crippen molar-refractivity contribution in [2.75, 3.05) is 0 Å². The Labute approximate surface area is 83.1 Å². The van der Waals surface area contributed by atoms with Gasteiger partial charge in [-0.3, -0.25) is 0 Å². The van der Waals surface area contributed by atoms with Crippen molar-refractivity contribution in [3.63, 3.8) is 0 Å². The van der Waals surface area contributed by atoms with E-state index < -0.39 is 0 Å². The fourth-order valence-electron chi connectivity index (χ4n) is 0.784. The molecule has 0 amide bonds. The molecule has 3 heteroatoms. The van der Waals surface area contributed by atoms with E-state index >= 15 is 0 Å². The Balaban J connectivity index is 4.10. The number of hydrogen-bond acceptors (Lipinski definition) is 1. The molecule has 0 aliphatic carbocycles. The predicted octanol–water partition coefficient (Wildman–Crippen LogP) is 1.73. The highest BCUT2D eigenvalue weighted by Crippen LogP contribution is 2.06. The third-order valence-electron chi connectivity index (χ3n) is 2.19. The van der Waals surface area contributed by atoms with E-state index in [1.807, 2.05) is 13.8 Å². The molecule has 2 nitrogen and oxygen atoms in total. The Morgan fingerprint density at radius 3 is 2.18 bits per heavy atom. The minimum Gasteiger partial charge on any atom is -0.633 e. The quantitative estimate of drug-likeness (QED) is 0.358. The van der Waals surface area contributed by atoms with Gasteiger partial charge in [-0.25, -0.2) is 0 Å². The summed E-state index contributed by atoms with van der Waals surface area (Å²) < 4.78 is 0.197. The number of halogens is 1. The molecule has 11 heavy (non-hydrogen) atoms. The fraction of sp³-hybridized carbons (Fsp3) is 1.00. The molecule has 0 aliphatic rings. The predicted molar refractivity (Wildman–Crippen MR) is 56.8 cm³/mol. The number of hydroxylamine groups is 2. The van der Waals surface area contributed by atoms with Gasteiger partial charge in [-0.1, -0.05) is 13.8 Å². The van der Waals surface area contributed by atoms with E-state index in [9.17, 15) is 5.21 Å². The molecule has 68 valence electrons. The van der Waals surface area contributed by atoms with Crippen molar-refractivity contribution in [3.8, 4) is 0 Å². The van der Waals surface area contributed by atoms with Crippen molar-refractivity contribution in [2.45, 2.75) is 50.1 Å². The first-order valence-electron chi connectivity index (χ1n) is 4.14. The Morgan fingerprint density at radius 1 is 1.45 bits per heavy atom. The number of nitrogens with one attached hydrogen (secondary N) is 1. The van der Waals surface area contributed by atoms with Crippen molar-refractivity contribution < 1.29 is 5.06 Å². The van der Waals surface area contributed by atoms with Crippen molar-refractivity contribution >= 4 is 22.6 Å². The normalized spacial score (nSPS) is 18.0. The maximum Gasteiger partial charge on any atom is 0.138 e. The van der Waals surface area contributed by atoms with Gasteiger partial charge in [0.15, 0.2) is 0 Å². The van der Waals surface area contributed by atoms with Gasteiger partial charge in [-0.2, -0.15) is 0 Å². The first kappa shape index (κ1) is 11.6. The van der Waals surface area contributed by atoms with Crippen LogP contribution in [0.15, 0.2) is 0 Å². The molecule has 0 rings (SSSR count). The summed E-state index contributed by atoms with van der Waals surface area (Å²) in [6, 6.07) is 0. The molecular weight excluding hydrogens is 253 g/mol. The Kier molecular flexibility index (Phi) is 4.89. The molecule has 0 heterocycles. The van der Waals surface area contributed by atoms with Crippen LogP contribution in [0.1, 0.15) is 40.5 Å². The lowest BCUT2D eigenvalue weighted by Crippen LogP contribution is -3.17. The Hall–Kier alpha value is 0.650. The number of rotatable bonds is 4. The van der Waals surface area contributed by atoms with E-state index in [1.165, 1.54) is 0 Å². The first-order valence-corrected chi connectivity index (χ1v) is 5.38. The minimum atomic E-state index is -0.123. The van der Waals surface area contributed by atoms with Gasteiger partial charge in [-0.05, 0) is 42.9 Å². The van der Waals surface area contributed by atoms with Gasteiger partial charge >= 0.3 is 0 Å². The zero-order valence-electron chi connectivity index (χ0n) is 7.78. The summed E-state index contributed by atoms with van der Waals surface area (Å²) in [5.41, 5.74) is -0.123. The summed E-state index contributed by atoms with van der Waals surface area (Å²) in [7, 11) is 0. The van der Waals surface area contributed by atoms with E-state index in [4.69, 9.17) is 0 Å². The van der Waals surface area contributed by atoms with E-state index in [0.29, 0.717) is 5.06 Å². The van der Waals surface area contributed by atoms with Gasteiger partial charge in [0.1, 0.15) is 4.05 Å². The topological polar surface area (TPSA) is 27.5 Å². The molecule has 0 saturated carbocycles. The summed E-state index contributed by atoms with van der Waals surface area (Å²) in [5.74, 6) is 0. The molecule has 1 N–H and O–H groups in total. The number of hydrogen-bond donors (Lipinski definition) is 1. The molecule has 0 aromatic carbocycles. The van der Waals surface area contributed by atoms with Gasteiger partial charge in [-0.15, -0.1) is 0 Å². The molecule has 0 fully saturated rings. The molecule has 0 aromatic rings. The molecule has 2 atom stereocenters. The molecule has 0 spiro atoms. The summed E-state index contributed by atoms with van der Waals surface area (Å²) in [5, 5.41) is 12.0. The van der Waals surface area contributed by atoms with Crippen LogP contribution >= 0.6 is 22.6 Å². The summed E-state index contributed by atoms with van der Waals surface area (Å²) in [4.78, 5) is 0. The Morgan fingerprint density at radius 2 is 1.91 bits per heavy atom. The van der Waals surface area contributed by atoms with Crippen LogP contribution in [0.3, 0.4) is 0 Å². The first-order chi connectivity index (χ1) is 4.95. The summed E-state index contributed by atoms with van der Waals surface area (Å²) in [6.45, 7) is 8.17. The van der Waals surface area contributed by atoms with Gasteiger partial charge in [0, 0.05) is 6.42 Å². The lowest BCUT2D eigenvalue weighted by molar-refractivity contribution is -0.907. The van der Waals surface area contributed by atoms with Crippen LogP contribution in [0.4, 0.5) is 0 Å². The highest BCUT2D eigenvalue weighted by atomic mass is 127. The second-order valence-electron chi connectivity index (χ2n) is 3.48. The smallest absolute Gasteiger partial charge is 0.138 e. The maximum absolute atomic E-state index is 11.6. The molecule has 0 radical (unpaired) electrons. The lowest BCUT2D eigenvalue weighted by Gasteiger charge is -2.40. The average Bonchev–Trinajstić information content (AvgIpc) is 2.01. The fourth-order valence-corrected chi connectivity index (χ4v) is 1.63. The minimum absolute atomic E-state index is 0.123. The van der Waals surface area contributed by atoms with E-state index in [2.05, 4.69) is 36.4 Å². The van der Waals surface area contributed by atoms with E-state index in [1.54, 1.807) is 0 Å². The second-order valence-corrected chi connectivity index (χ2v) is 4.98. The SMILES string of the molecule is CC[C@@H](I)[NH+]([O-])C(C)(C)CC. The van der Waals surface area contributed by atoms with Crippen molar-refractivity contribution in [2.24, 2.45) is 0 Å². The molecular formula is C8H18INO. The summed E-state index contributed by atoms with van der Waals surface area (Å²) in [6.07, 6.45) is 1.88. The van der Waals surface area contributed by atoms with Crippen molar-refractivity contribution in [1.29, 1.82) is 0 Å². The second kappa shape index (κ2) is 4.62. The van der Waals surface area contributed by atoms with Crippen LogP contribution in [0, 0.1) is 5.21 Å². The van der Waals surface area contributed by atoms with Crippen LogP contribution in [0.25, 0.3) is 0 Å². The van der Waals surface area contributed by atoms with Gasteiger partial charge in [0.2, 0.25) is 0 Å². The van der Waals surface area contributed by atoms with Crippen LogP contribution < -0.4 is 5.06 Å². The molecule has 1 unspecified atom stereocenters. The standard InChI is InChI=1S/C8H18INO/c1-5-7(9)10(11)8(3,4)6-2/h7,10H,5-6H2,1-4H3/t7-/m0/s1. The van der Waals surface area contributed by atoms with Crippen molar-refractivity contribution in [1.82, 2.24) is 0 Å².